The van der Waals surface area contributed by atoms with Crippen LogP contribution in [0.5, 0.6) is 0 Å². The summed E-state index contributed by atoms with van der Waals surface area (Å²) < 4.78 is 0. The van der Waals surface area contributed by atoms with Crippen LogP contribution >= 0.6 is 0 Å². The second kappa shape index (κ2) is 6.62. The van der Waals surface area contributed by atoms with Crippen LogP contribution in [-0.4, -0.2) is 22.4 Å². The number of hydrogen-bond acceptors (Lipinski definition) is 5. The standard InChI is InChI=1S/C17H20N4O4/c1-11(19-20-16(23)14-10-17(14)7-2-8-17)9-15(22)18-12-3-5-13(6-4-12)21(24)25/h3-6,14H,2,7-10H2,1H3,(H,18,22)(H,20,23)/b19-11+/t14-/m0/s1. The first kappa shape index (κ1) is 17.1. The molecule has 0 unspecified atom stereocenters. The number of nitrogens with one attached hydrogen (secondary N) is 2. The minimum absolute atomic E-state index is 0.0348. The Hall–Kier alpha value is -2.77. The van der Waals surface area contributed by atoms with Gasteiger partial charge in [-0.2, -0.15) is 5.10 Å². The fraction of sp³-hybridized carbons (Fsp3) is 0.471. The number of carbonyl (C=O) groups is 2. The molecule has 2 aliphatic rings. The Balaban J connectivity index is 1.45. The third-order valence-electron chi connectivity index (χ3n) is 4.99. The van der Waals surface area contributed by atoms with E-state index in [2.05, 4.69) is 15.8 Å². The Kier molecular flexibility index (Phi) is 4.52. The minimum atomic E-state index is -0.501. The van der Waals surface area contributed by atoms with E-state index in [1.807, 2.05) is 0 Å². The molecule has 2 N–H and O–H groups in total. The molecule has 25 heavy (non-hydrogen) atoms. The fourth-order valence-corrected chi connectivity index (χ4v) is 3.27. The van der Waals surface area contributed by atoms with Gasteiger partial charge in [-0.15, -0.1) is 0 Å². The number of hydrazone groups is 1. The van der Waals surface area contributed by atoms with Crippen molar-refractivity contribution in [2.24, 2.45) is 16.4 Å². The first-order valence-corrected chi connectivity index (χ1v) is 8.27. The third-order valence-corrected chi connectivity index (χ3v) is 4.99. The summed E-state index contributed by atoms with van der Waals surface area (Å²) in [6.07, 6.45) is 4.45. The van der Waals surface area contributed by atoms with Gasteiger partial charge in [-0.3, -0.25) is 19.7 Å². The normalized spacial score (nSPS) is 20.5. The SMILES string of the molecule is C/C(CC(=O)Nc1ccc([N+](=O)[O-])cc1)=N\NC(=O)[C@@H]1CC12CCC2. The van der Waals surface area contributed by atoms with Gasteiger partial charge in [0.2, 0.25) is 11.8 Å². The molecule has 2 saturated carbocycles. The average Bonchev–Trinajstić information content (AvgIpc) is 3.29. The zero-order chi connectivity index (χ0) is 18.0. The highest BCUT2D eigenvalue weighted by molar-refractivity contribution is 6.05. The van der Waals surface area contributed by atoms with Gasteiger partial charge in [-0.05, 0) is 43.7 Å². The van der Waals surface area contributed by atoms with Gasteiger partial charge in [0.25, 0.3) is 5.69 Å². The van der Waals surface area contributed by atoms with Gasteiger partial charge in [0, 0.05) is 29.4 Å². The van der Waals surface area contributed by atoms with Crippen LogP contribution < -0.4 is 10.7 Å². The number of anilines is 1. The molecule has 8 heteroatoms. The van der Waals surface area contributed by atoms with Gasteiger partial charge in [-0.1, -0.05) is 6.42 Å². The largest absolute Gasteiger partial charge is 0.326 e. The van der Waals surface area contributed by atoms with E-state index in [9.17, 15) is 19.7 Å². The van der Waals surface area contributed by atoms with Crippen molar-refractivity contribution in [1.82, 2.24) is 5.43 Å². The molecular formula is C17H20N4O4. The summed E-state index contributed by atoms with van der Waals surface area (Å²) in [6.45, 7) is 1.67. The average molecular weight is 344 g/mol. The molecule has 2 amide bonds. The molecule has 0 saturated heterocycles. The number of carbonyl (C=O) groups excluding carboxylic acids is 2. The summed E-state index contributed by atoms with van der Waals surface area (Å²) in [5.74, 6) is -0.284. The monoisotopic (exact) mass is 344 g/mol. The Morgan fingerprint density at radius 1 is 1.32 bits per heavy atom. The van der Waals surface area contributed by atoms with E-state index in [1.54, 1.807) is 6.92 Å². The van der Waals surface area contributed by atoms with Crippen LogP contribution in [0.3, 0.4) is 0 Å². The molecule has 1 atom stereocenters. The molecule has 0 aliphatic heterocycles. The van der Waals surface area contributed by atoms with Crippen LogP contribution in [0.4, 0.5) is 11.4 Å². The highest BCUT2D eigenvalue weighted by atomic mass is 16.6. The van der Waals surface area contributed by atoms with E-state index in [0.717, 1.165) is 19.3 Å². The van der Waals surface area contributed by atoms with E-state index in [-0.39, 0.29) is 35.3 Å². The Morgan fingerprint density at radius 2 is 2.00 bits per heavy atom. The number of non-ortho nitro benzene ring substituents is 1. The van der Waals surface area contributed by atoms with Crippen LogP contribution in [-0.2, 0) is 9.59 Å². The maximum Gasteiger partial charge on any atom is 0.269 e. The number of rotatable bonds is 6. The second-order valence-electron chi connectivity index (χ2n) is 6.82. The van der Waals surface area contributed by atoms with Crippen molar-refractivity contribution in [1.29, 1.82) is 0 Å². The molecule has 8 nitrogen and oxygen atoms in total. The van der Waals surface area contributed by atoms with Crippen LogP contribution in [0, 0.1) is 21.4 Å². The lowest BCUT2D eigenvalue weighted by atomic mass is 9.80. The lowest BCUT2D eigenvalue weighted by molar-refractivity contribution is -0.384. The summed E-state index contributed by atoms with van der Waals surface area (Å²) in [7, 11) is 0. The van der Waals surface area contributed by atoms with Crippen molar-refractivity contribution >= 4 is 28.9 Å². The van der Waals surface area contributed by atoms with Crippen molar-refractivity contribution in [3.05, 3.63) is 34.4 Å². The molecule has 0 heterocycles. The summed E-state index contributed by atoms with van der Waals surface area (Å²) in [5, 5.41) is 17.2. The predicted octanol–water partition coefficient (Wildman–Crippen LogP) is 2.61. The zero-order valence-corrected chi connectivity index (χ0v) is 13.9. The van der Waals surface area contributed by atoms with Crippen LogP contribution in [0.25, 0.3) is 0 Å². The molecule has 2 aliphatic carbocycles. The van der Waals surface area contributed by atoms with Crippen LogP contribution in [0.2, 0.25) is 0 Å². The molecule has 3 rings (SSSR count). The minimum Gasteiger partial charge on any atom is -0.326 e. The van der Waals surface area contributed by atoms with Crippen molar-refractivity contribution in [2.75, 3.05) is 5.32 Å². The summed E-state index contributed by atoms with van der Waals surface area (Å²) in [4.78, 5) is 34.0. The zero-order valence-electron chi connectivity index (χ0n) is 13.9. The van der Waals surface area contributed by atoms with E-state index in [4.69, 9.17) is 0 Å². The molecular weight excluding hydrogens is 324 g/mol. The number of nitro benzene ring substituents is 1. The molecule has 132 valence electrons. The number of nitrogens with zero attached hydrogens (tertiary/aromatic N) is 2. The summed E-state index contributed by atoms with van der Waals surface area (Å²) in [5.41, 5.74) is 3.73. The quantitative estimate of drug-likeness (QED) is 0.469. The van der Waals surface area contributed by atoms with Crippen molar-refractivity contribution in [3.63, 3.8) is 0 Å². The lowest BCUT2D eigenvalue weighted by Crippen LogP contribution is -2.27. The molecule has 1 spiro atoms. The van der Waals surface area contributed by atoms with Crippen molar-refractivity contribution < 1.29 is 14.5 Å². The second-order valence-corrected chi connectivity index (χ2v) is 6.82. The summed E-state index contributed by atoms with van der Waals surface area (Å²) >= 11 is 0. The molecule has 2 fully saturated rings. The van der Waals surface area contributed by atoms with Crippen LogP contribution in [0.1, 0.15) is 39.0 Å². The summed E-state index contributed by atoms with van der Waals surface area (Å²) in [6, 6.07) is 5.58. The molecule has 0 aromatic heterocycles. The molecule has 1 aromatic carbocycles. The van der Waals surface area contributed by atoms with Crippen LogP contribution in [0.15, 0.2) is 29.4 Å². The van der Waals surface area contributed by atoms with E-state index in [0.29, 0.717) is 11.4 Å². The number of benzene rings is 1. The fourth-order valence-electron chi connectivity index (χ4n) is 3.27. The van der Waals surface area contributed by atoms with Gasteiger partial charge in [-0.25, -0.2) is 5.43 Å². The Morgan fingerprint density at radius 3 is 2.52 bits per heavy atom. The van der Waals surface area contributed by atoms with Gasteiger partial charge in [0.1, 0.15) is 0 Å². The highest BCUT2D eigenvalue weighted by Gasteiger charge is 2.60. The first-order chi connectivity index (χ1) is 11.9. The Labute approximate surface area is 144 Å². The van der Waals surface area contributed by atoms with Crippen molar-refractivity contribution in [2.45, 2.75) is 39.0 Å². The van der Waals surface area contributed by atoms with Gasteiger partial charge in [0.15, 0.2) is 0 Å². The maximum absolute atomic E-state index is 12.0. The van der Waals surface area contributed by atoms with E-state index >= 15 is 0 Å². The highest BCUT2D eigenvalue weighted by Crippen LogP contribution is 2.65. The lowest BCUT2D eigenvalue weighted by Gasteiger charge is -2.25. The molecule has 0 bridgehead atoms. The third kappa shape index (κ3) is 3.84. The molecule has 1 aromatic rings. The topological polar surface area (TPSA) is 114 Å². The van der Waals surface area contributed by atoms with Gasteiger partial charge in [0.05, 0.1) is 11.3 Å². The van der Waals surface area contributed by atoms with Gasteiger partial charge < -0.3 is 5.32 Å². The van der Waals surface area contributed by atoms with E-state index < -0.39 is 4.92 Å². The smallest absolute Gasteiger partial charge is 0.269 e. The van der Waals surface area contributed by atoms with Crippen molar-refractivity contribution in [3.8, 4) is 0 Å². The van der Waals surface area contributed by atoms with Gasteiger partial charge >= 0.3 is 0 Å². The number of amides is 2. The predicted molar refractivity (Wildman–Crippen MR) is 92.0 cm³/mol. The molecule has 0 radical (unpaired) electrons. The first-order valence-electron chi connectivity index (χ1n) is 8.27. The number of hydrogen-bond donors (Lipinski definition) is 2. The maximum atomic E-state index is 12.0. The Bertz CT molecular complexity index is 738. The van der Waals surface area contributed by atoms with E-state index in [1.165, 1.54) is 30.7 Å². The number of nitro groups is 1.